The minimum Gasteiger partial charge on any atom is -0.289 e. The predicted octanol–water partition coefficient (Wildman–Crippen LogP) is 28.7. The first-order valence-electron chi connectivity index (χ1n) is 42.2. The third-order valence-corrected chi connectivity index (χ3v) is 22.8. The molecule has 0 spiro atoms. The van der Waals surface area contributed by atoms with Gasteiger partial charge in [0, 0.05) is 74.4 Å². The number of aryl methyl sites for hydroxylation is 7. The van der Waals surface area contributed by atoms with Crippen LogP contribution in [-0.2, 0) is 96.1 Å². The van der Waals surface area contributed by atoms with Crippen molar-refractivity contribution in [2.75, 3.05) is 0 Å². The van der Waals surface area contributed by atoms with Crippen molar-refractivity contribution in [3.8, 4) is 151 Å². The van der Waals surface area contributed by atoms with Gasteiger partial charge in [-0.15, -0.1) is 106 Å². The van der Waals surface area contributed by atoms with Gasteiger partial charge in [0.15, 0.2) is 0 Å². The topological polar surface area (TPSA) is 92.1 Å². The van der Waals surface area contributed by atoms with Crippen molar-refractivity contribution in [3.63, 3.8) is 0 Å². The SMILES string of the molecule is Cc1nc(-c2[c-]ccc(-c3cc(-c4ccc(C(C)(C)C)cc4)cc(-c4ccc(C(C)(C)C)cc4)c3)c2)n(-c2c(C)cccc2C)n1.Cc1nc(-c2[c-]ccc(-c3cc(-c4ccc(C(C)(C)C)cc4)cc(-c4ccc(C(C)(C)C)cc4)c3)c2)n(C)n1.Cc1nc(-c2[c-]ccc(-c3cccc(-c4cc(-c5ccccc5)cc(-c5ccccc5)c4)c3)c2)n(C)n1.[Ir].[Ir].[Ir]. The van der Waals surface area contributed by atoms with Gasteiger partial charge >= 0.3 is 0 Å². The van der Waals surface area contributed by atoms with Crippen molar-refractivity contribution in [1.29, 1.82) is 0 Å². The molecule has 12 heteroatoms. The molecular weight excluding hydrogens is 2060 g/mol. The summed E-state index contributed by atoms with van der Waals surface area (Å²) in [7, 11) is 3.84. The normalized spacial score (nSPS) is 11.4. The van der Waals surface area contributed by atoms with E-state index in [1.54, 1.807) is 0 Å². The van der Waals surface area contributed by atoms with Crippen LogP contribution >= 0.6 is 0 Å². The molecule has 3 radical (unpaired) electrons. The van der Waals surface area contributed by atoms with E-state index >= 15 is 0 Å². The largest absolute Gasteiger partial charge is 0.289 e. The van der Waals surface area contributed by atoms with Crippen molar-refractivity contribution in [2.45, 2.75) is 139 Å². The van der Waals surface area contributed by atoms with Gasteiger partial charge in [0.25, 0.3) is 0 Å². The fourth-order valence-electron chi connectivity index (χ4n) is 15.9. The molecule has 0 saturated carbocycles. The Kier molecular flexibility index (Phi) is 28.8. The molecule has 0 aliphatic carbocycles. The van der Waals surface area contributed by atoms with E-state index in [0.29, 0.717) is 0 Å². The Bertz CT molecular complexity index is 6360. The van der Waals surface area contributed by atoms with Crippen molar-refractivity contribution >= 4 is 0 Å². The van der Waals surface area contributed by atoms with Gasteiger partial charge in [-0.25, -0.2) is 0 Å². The number of nitrogens with zero attached hydrogens (tertiary/aromatic N) is 9. The summed E-state index contributed by atoms with van der Waals surface area (Å²) < 4.78 is 5.60. The first-order valence-corrected chi connectivity index (χ1v) is 42.2. The van der Waals surface area contributed by atoms with Crippen LogP contribution in [0.5, 0.6) is 0 Å². The maximum atomic E-state index is 4.88. The van der Waals surface area contributed by atoms with Gasteiger partial charge in [0.2, 0.25) is 0 Å². The van der Waals surface area contributed by atoms with Crippen molar-refractivity contribution in [2.24, 2.45) is 14.1 Å². The van der Waals surface area contributed by atoms with Crippen LogP contribution in [0.3, 0.4) is 0 Å². The molecule has 635 valence electrons. The fourth-order valence-corrected chi connectivity index (χ4v) is 15.9. The van der Waals surface area contributed by atoms with Gasteiger partial charge in [-0.05, 0) is 245 Å². The second-order valence-electron chi connectivity index (χ2n) is 36.3. The zero-order chi connectivity index (χ0) is 85.9. The van der Waals surface area contributed by atoms with E-state index < -0.39 is 0 Å². The summed E-state index contributed by atoms with van der Waals surface area (Å²) in [6.45, 7) is 37.1. The van der Waals surface area contributed by atoms with Crippen LogP contribution in [0.1, 0.15) is 134 Å². The molecule has 17 aromatic rings. The van der Waals surface area contributed by atoms with Crippen LogP contribution in [0.4, 0.5) is 0 Å². The summed E-state index contributed by atoms with van der Waals surface area (Å²) in [5.74, 6) is 4.68. The average Bonchev–Trinajstić information content (AvgIpc) is 1.61. The second-order valence-corrected chi connectivity index (χ2v) is 36.3. The number of para-hydroxylation sites is 1. The molecule has 0 atom stereocenters. The van der Waals surface area contributed by atoms with Gasteiger partial charge in [-0.2, -0.15) is 15.3 Å². The zero-order valence-corrected chi connectivity index (χ0v) is 82.2. The molecule has 0 aliphatic rings. The first-order chi connectivity index (χ1) is 58.3. The molecule has 9 nitrogen and oxygen atoms in total. The minimum absolute atomic E-state index is 0. The summed E-state index contributed by atoms with van der Waals surface area (Å²) >= 11 is 0. The van der Waals surface area contributed by atoms with Crippen LogP contribution in [-0.4, -0.2) is 44.3 Å². The zero-order valence-electron chi connectivity index (χ0n) is 75.0. The number of aromatic nitrogens is 9. The van der Waals surface area contributed by atoms with E-state index in [1.165, 1.54) is 100 Å². The quantitative estimate of drug-likeness (QED) is 0.101. The summed E-state index contributed by atoms with van der Waals surface area (Å²) in [5, 5.41) is 13.6. The van der Waals surface area contributed by atoms with Gasteiger partial charge in [0.1, 0.15) is 17.5 Å². The molecule has 0 N–H and O–H groups in total. The molecule has 0 aliphatic heterocycles. The summed E-state index contributed by atoms with van der Waals surface area (Å²) in [4.78, 5) is 14.1. The molecule has 125 heavy (non-hydrogen) atoms. The smallest absolute Gasteiger partial charge is 0.137 e. The fraction of sp³-hybridized carbons (Fsp3) is 0.204. The number of benzene rings is 14. The average molecular weight is 2170 g/mol. The molecule has 0 fully saturated rings. The molecular formula is C113H108Ir3N9-3. The van der Waals surface area contributed by atoms with Gasteiger partial charge in [0.05, 0.1) is 23.2 Å². The van der Waals surface area contributed by atoms with Gasteiger partial charge < -0.3 is 0 Å². The van der Waals surface area contributed by atoms with Crippen molar-refractivity contribution in [3.05, 3.63) is 378 Å². The molecule has 3 heterocycles. The summed E-state index contributed by atoms with van der Waals surface area (Å²) in [6, 6.07) is 122. The number of hydrogen-bond donors (Lipinski definition) is 0. The third kappa shape index (κ3) is 21.9. The van der Waals surface area contributed by atoms with Gasteiger partial charge in [-0.1, -0.05) is 277 Å². The summed E-state index contributed by atoms with van der Waals surface area (Å²) in [6.07, 6.45) is 0. The molecule has 3 aromatic heterocycles. The van der Waals surface area contributed by atoms with E-state index in [4.69, 9.17) is 10.1 Å². The van der Waals surface area contributed by atoms with E-state index in [0.717, 1.165) is 102 Å². The summed E-state index contributed by atoms with van der Waals surface area (Å²) in [5.41, 5.74) is 35.6. The Morgan fingerprint density at radius 3 is 0.736 bits per heavy atom. The Morgan fingerprint density at radius 1 is 0.224 bits per heavy atom. The van der Waals surface area contributed by atoms with Crippen LogP contribution in [0, 0.1) is 52.8 Å². The van der Waals surface area contributed by atoms with E-state index in [9.17, 15) is 0 Å². The Labute approximate surface area is 781 Å². The molecule has 17 rings (SSSR count). The molecule has 0 amide bonds. The van der Waals surface area contributed by atoms with Crippen molar-refractivity contribution in [1.82, 2.24) is 44.3 Å². The molecule has 0 saturated heterocycles. The van der Waals surface area contributed by atoms with Crippen LogP contribution < -0.4 is 0 Å². The molecule has 0 unspecified atom stereocenters. The van der Waals surface area contributed by atoms with Crippen LogP contribution in [0.15, 0.2) is 309 Å². The predicted molar refractivity (Wildman–Crippen MR) is 509 cm³/mol. The van der Waals surface area contributed by atoms with Gasteiger partial charge in [-0.3, -0.25) is 29.0 Å². The second kappa shape index (κ2) is 38.9. The number of rotatable bonds is 14. The Balaban J connectivity index is 0.000000170. The third-order valence-electron chi connectivity index (χ3n) is 22.8. The maximum Gasteiger partial charge on any atom is 0.137 e. The standard InChI is InChI=1S/C43H44N3.C36H38N3.C34H26N3.3Ir/c1-28-12-10-13-29(2)40(28)46-41(44-30(3)45-46)34-15-11-14-33(24-34)37-26-35(31-16-20-38(21-17-31)42(4,5)6)25-36(27-37)32-18-22-39(23-19-32)43(7,8)9;1-24-37-34(39(8)38-24)28-11-9-10-27(20-28)31-22-29(25-12-16-32(17-13-25)35(2,3)4)21-30(23-31)26-14-18-33(19-15-26)36(5,6)7;1-24-35-34(37(2)36-24)30-18-10-16-28(20-30)27-15-9-17-29(19-27)33-22-31(25-11-5-3-6-12-25)21-32(23-33)26-13-7-4-8-14-26;;;/h10-14,16-27H,1-9H3;9-10,12-23H,1-8H3;3-17,19-23H,1-2H3;;;/q3*-1;;;. The molecule has 14 aromatic carbocycles. The maximum absolute atomic E-state index is 4.88. The van der Waals surface area contributed by atoms with E-state index in [1.807, 2.05) is 67.1 Å². The van der Waals surface area contributed by atoms with Crippen molar-refractivity contribution < 1.29 is 60.3 Å². The van der Waals surface area contributed by atoms with E-state index in [2.05, 4.69) is 426 Å². The van der Waals surface area contributed by atoms with Crippen LogP contribution in [0.2, 0.25) is 0 Å². The Hall–Kier alpha value is -11.6. The monoisotopic (exact) mass is 2170 g/mol. The number of hydrogen-bond acceptors (Lipinski definition) is 6. The molecule has 0 bridgehead atoms. The Morgan fingerprint density at radius 2 is 0.448 bits per heavy atom. The van der Waals surface area contributed by atoms with Crippen LogP contribution in [0.25, 0.3) is 151 Å². The first kappa shape index (κ1) is 92.6. The van der Waals surface area contributed by atoms with E-state index in [-0.39, 0.29) is 82.0 Å². The minimum atomic E-state index is 0.